The first kappa shape index (κ1) is 14.3. The summed E-state index contributed by atoms with van der Waals surface area (Å²) in [7, 11) is 0. The van der Waals surface area contributed by atoms with E-state index in [2.05, 4.69) is 6.92 Å². The molecule has 1 aromatic rings. The minimum Gasteiger partial charge on any atom is -0.330 e. The SMILES string of the molecule is CCSc1ccc(C(=O)C(C)(C)CCN)cc1. The molecular weight excluding hydrogens is 230 g/mol. The number of hydrogen-bond acceptors (Lipinski definition) is 3. The Morgan fingerprint density at radius 2 is 1.88 bits per heavy atom. The van der Waals surface area contributed by atoms with Crippen molar-refractivity contribution in [3.63, 3.8) is 0 Å². The molecule has 0 spiro atoms. The van der Waals surface area contributed by atoms with Gasteiger partial charge in [0.1, 0.15) is 0 Å². The van der Waals surface area contributed by atoms with E-state index in [-0.39, 0.29) is 11.2 Å². The maximum absolute atomic E-state index is 12.3. The normalized spacial score (nSPS) is 11.5. The molecule has 0 saturated heterocycles. The number of benzene rings is 1. The van der Waals surface area contributed by atoms with E-state index in [1.165, 1.54) is 4.90 Å². The maximum Gasteiger partial charge on any atom is 0.168 e. The molecule has 2 nitrogen and oxygen atoms in total. The summed E-state index contributed by atoms with van der Waals surface area (Å²) in [5.74, 6) is 1.22. The number of carbonyl (C=O) groups is 1. The Labute approximate surface area is 108 Å². The summed E-state index contributed by atoms with van der Waals surface area (Å²) < 4.78 is 0. The molecule has 0 aliphatic carbocycles. The Morgan fingerprint density at radius 1 is 1.29 bits per heavy atom. The highest BCUT2D eigenvalue weighted by Gasteiger charge is 2.27. The van der Waals surface area contributed by atoms with Crippen LogP contribution in [-0.4, -0.2) is 18.1 Å². The fourth-order valence-corrected chi connectivity index (χ4v) is 2.40. The molecule has 94 valence electrons. The molecule has 0 aliphatic heterocycles. The first-order valence-electron chi connectivity index (χ1n) is 5.99. The van der Waals surface area contributed by atoms with Crippen LogP contribution in [0.4, 0.5) is 0 Å². The second-order valence-electron chi connectivity index (χ2n) is 4.71. The number of Topliss-reactive ketones (excluding diaryl/α,β-unsaturated/α-hetero) is 1. The van der Waals surface area contributed by atoms with Gasteiger partial charge in [0.05, 0.1) is 0 Å². The van der Waals surface area contributed by atoms with Crippen LogP contribution in [0.15, 0.2) is 29.2 Å². The van der Waals surface area contributed by atoms with Crippen molar-refractivity contribution in [1.82, 2.24) is 0 Å². The standard InChI is InChI=1S/C14H21NOS/c1-4-17-12-7-5-11(6-8-12)13(16)14(2,3)9-10-15/h5-8H,4,9-10,15H2,1-3H3. The fourth-order valence-electron chi connectivity index (χ4n) is 1.73. The van der Waals surface area contributed by atoms with E-state index in [0.29, 0.717) is 6.54 Å². The van der Waals surface area contributed by atoms with Crippen molar-refractivity contribution in [3.8, 4) is 0 Å². The minimum absolute atomic E-state index is 0.177. The Kier molecular flexibility index (Phi) is 5.22. The predicted octanol–water partition coefficient (Wildman–Crippen LogP) is 3.36. The molecule has 0 radical (unpaired) electrons. The highest BCUT2D eigenvalue weighted by Crippen LogP contribution is 2.26. The lowest BCUT2D eigenvalue weighted by Gasteiger charge is -2.22. The van der Waals surface area contributed by atoms with Crippen molar-refractivity contribution in [1.29, 1.82) is 0 Å². The third kappa shape index (κ3) is 3.86. The van der Waals surface area contributed by atoms with E-state index < -0.39 is 0 Å². The van der Waals surface area contributed by atoms with Gasteiger partial charge in [-0.25, -0.2) is 0 Å². The summed E-state index contributed by atoms with van der Waals surface area (Å²) in [6.45, 7) is 6.57. The average Bonchev–Trinajstić information content (AvgIpc) is 2.29. The van der Waals surface area contributed by atoms with E-state index in [4.69, 9.17) is 5.73 Å². The van der Waals surface area contributed by atoms with Crippen LogP contribution >= 0.6 is 11.8 Å². The van der Waals surface area contributed by atoms with Gasteiger partial charge >= 0.3 is 0 Å². The summed E-state index contributed by atoms with van der Waals surface area (Å²) in [6, 6.07) is 7.86. The van der Waals surface area contributed by atoms with Crippen molar-refractivity contribution in [3.05, 3.63) is 29.8 Å². The molecule has 0 saturated carbocycles. The van der Waals surface area contributed by atoms with Crippen LogP contribution < -0.4 is 5.73 Å². The van der Waals surface area contributed by atoms with E-state index in [1.54, 1.807) is 11.8 Å². The van der Waals surface area contributed by atoms with E-state index in [9.17, 15) is 4.79 Å². The van der Waals surface area contributed by atoms with E-state index in [0.717, 1.165) is 17.7 Å². The molecule has 1 aromatic carbocycles. The third-order valence-corrected chi connectivity index (χ3v) is 3.71. The van der Waals surface area contributed by atoms with Crippen molar-refractivity contribution >= 4 is 17.5 Å². The van der Waals surface area contributed by atoms with Gasteiger partial charge in [-0.2, -0.15) is 0 Å². The summed E-state index contributed by atoms with van der Waals surface area (Å²) in [5, 5.41) is 0. The summed E-state index contributed by atoms with van der Waals surface area (Å²) >= 11 is 1.78. The third-order valence-electron chi connectivity index (χ3n) is 2.81. The number of nitrogens with two attached hydrogens (primary N) is 1. The quantitative estimate of drug-likeness (QED) is 0.623. The van der Waals surface area contributed by atoms with Crippen molar-refractivity contribution < 1.29 is 4.79 Å². The monoisotopic (exact) mass is 251 g/mol. The molecule has 0 amide bonds. The average molecular weight is 251 g/mol. The topological polar surface area (TPSA) is 43.1 Å². The lowest BCUT2D eigenvalue weighted by Crippen LogP contribution is -2.27. The first-order valence-corrected chi connectivity index (χ1v) is 6.97. The molecule has 0 unspecified atom stereocenters. The van der Waals surface area contributed by atoms with Gasteiger partial charge in [-0.05, 0) is 30.9 Å². The van der Waals surface area contributed by atoms with Crippen LogP contribution in [0.5, 0.6) is 0 Å². The maximum atomic E-state index is 12.3. The molecule has 2 N–H and O–H groups in total. The number of thioether (sulfide) groups is 1. The summed E-state index contributed by atoms with van der Waals surface area (Å²) in [6.07, 6.45) is 0.720. The predicted molar refractivity (Wildman–Crippen MR) is 74.6 cm³/mol. The largest absolute Gasteiger partial charge is 0.330 e. The zero-order valence-electron chi connectivity index (χ0n) is 10.8. The molecule has 0 fully saturated rings. The second-order valence-corrected chi connectivity index (χ2v) is 6.05. The van der Waals surface area contributed by atoms with Gasteiger partial charge in [0.2, 0.25) is 0 Å². The fraction of sp³-hybridized carbons (Fsp3) is 0.500. The molecule has 0 aliphatic rings. The van der Waals surface area contributed by atoms with Crippen molar-refractivity contribution in [2.45, 2.75) is 32.1 Å². The molecule has 0 heterocycles. The van der Waals surface area contributed by atoms with Gasteiger partial charge in [-0.15, -0.1) is 11.8 Å². The zero-order chi connectivity index (χ0) is 12.9. The highest BCUT2D eigenvalue weighted by atomic mass is 32.2. The Balaban J connectivity index is 2.82. The highest BCUT2D eigenvalue weighted by molar-refractivity contribution is 7.99. The molecule has 17 heavy (non-hydrogen) atoms. The van der Waals surface area contributed by atoms with Crippen molar-refractivity contribution in [2.24, 2.45) is 11.1 Å². The van der Waals surface area contributed by atoms with Gasteiger partial charge in [0, 0.05) is 15.9 Å². The van der Waals surface area contributed by atoms with Crippen LogP contribution in [-0.2, 0) is 0 Å². The van der Waals surface area contributed by atoms with E-state index in [1.807, 2.05) is 38.1 Å². The smallest absolute Gasteiger partial charge is 0.168 e. The molecule has 3 heteroatoms. The summed E-state index contributed by atoms with van der Waals surface area (Å²) in [5.41, 5.74) is 5.95. The van der Waals surface area contributed by atoms with Crippen LogP contribution in [0.3, 0.4) is 0 Å². The molecule has 0 aromatic heterocycles. The molecule has 0 atom stereocenters. The van der Waals surface area contributed by atoms with Crippen LogP contribution in [0.2, 0.25) is 0 Å². The minimum atomic E-state index is -0.367. The molecule has 1 rings (SSSR count). The zero-order valence-corrected chi connectivity index (χ0v) is 11.6. The van der Waals surface area contributed by atoms with Gasteiger partial charge in [-0.1, -0.05) is 32.9 Å². The van der Waals surface area contributed by atoms with Gasteiger partial charge in [-0.3, -0.25) is 4.79 Å². The van der Waals surface area contributed by atoms with Gasteiger partial charge < -0.3 is 5.73 Å². The van der Waals surface area contributed by atoms with Crippen LogP contribution in [0.1, 0.15) is 37.6 Å². The Hall–Kier alpha value is -0.800. The molecule has 0 bridgehead atoms. The Bertz CT molecular complexity index is 370. The van der Waals surface area contributed by atoms with Crippen LogP contribution in [0.25, 0.3) is 0 Å². The number of ketones is 1. The van der Waals surface area contributed by atoms with Crippen molar-refractivity contribution in [2.75, 3.05) is 12.3 Å². The number of rotatable bonds is 6. The van der Waals surface area contributed by atoms with Gasteiger partial charge in [0.15, 0.2) is 5.78 Å². The summed E-state index contributed by atoms with van der Waals surface area (Å²) in [4.78, 5) is 13.5. The lowest BCUT2D eigenvalue weighted by atomic mass is 9.81. The van der Waals surface area contributed by atoms with Crippen LogP contribution in [0, 0.1) is 5.41 Å². The first-order chi connectivity index (χ1) is 8.01. The second kappa shape index (κ2) is 6.22. The Morgan fingerprint density at radius 3 is 2.35 bits per heavy atom. The van der Waals surface area contributed by atoms with E-state index >= 15 is 0 Å². The van der Waals surface area contributed by atoms with Gasteiger partial charge in [0.25, 0.3) is 0 Å². The number of hydrogen-bond donors (Lipinski definition) is 1. The lowest BCUT2D eigenvalue weighted by molar-refractivity contribution is 0.0829. The molecular formula is C14H21NOS. The number of carbonyl (C=O) groups excluding carboxylic acids is 1.